The molecule has 1 aliphatic rings. The van der Waals surface area contributed by atoms with Gasteiger partial charge in [0.25, 0.3) is 0 Å². The summed E-state index contributed by atoms with van der Waals surface area (Å²) < 4.78 is 23.0. The number of nitrogens with one attached hydrogen (secondary N) is 1. The second kappa shape index (κ2) is 11.3. The van der Waals surface area contributed by atoms with Gasteiger partial charge in [-0.05, 0) is 80.2 Å². The molecule has 178 valence electrons. The number of nitriles is 1. The number of alkyl halides is 1. The lowest BCUT2D eigenvalue weighted by Crippen LogP contribution is -2.42. The monoisotopic (exact) mass is 462 g/mol. The van der Waals surface area contributed by atoms with Gasteiger partial charge in [0.2, 0.25) is 6.86 Å². The van der Waals surface area contributed by atoms with E-state index in [0.717, 1.165) is 78.8 Å². The summed E-state index contributed by atoms with van der Waals surface area (Å²) in [6.45, 7) is 4.77. The highest BCUT2D eigenvalue weighted by molar-refractivity contribution is 5.85. The standard InChI is InChI=1S/C27H31FN4O2/c1-19-3-4-20(13-27(19)34-18-28)16-30-22-7-10-32(11-8-22)12-9-24-21(15-29)17-31-26-6-5-23(33-2)14-25(24)26/h3-6,13-14,17,22,30H,7-12,16,18H2,1-2H3. The van der Waals surface area contributed by atoms with E-state index in [0.29, 0.717) is 17.4 Å². The van der Waals surface area contributed by atoms with Gasteiger partial charge in [-0.15, -0.1) is 0 Å². The van der Waals surface area contributed by atoms with Gasteiger partial charge in [-0.2, -0.15) is 5.26 Å². The number of benzene rings is 2. The highest BCUT2D eigenvalue weighted by atomic mass is 19.1. The Labute approximate surface area is 200 Å². The topological polar surface area (TPSA) is 70.4 Å². The number of piperidine rings is 1. The molecular formula is C27H31FN4O2. The van der Waals surface area contributed by atoms with Crippen molar-refractivity contribution >= 4 is 10.9 Å². The van der Waals surface area contributed by atoms with Crippen molar-refractivity contribution in [3.05, 3.63) is 64.8 Å². The molecule has 6 nitrogen and oxygen atoms in total. The predicted molar refractivity (Wildman–Crippen MR) is 131 cm³/mol. The summed E-state index contributed by atoms with van der Waals surface area (Å²) in [4.78, 5) is 6.90. The molecule has 1 N–H and O–H groups in total. The SMILES string of the molecule is COc1ccc2ncc(C#N)c(CCN3CCC(NCc4ccc(C)c(OCF)c4)CC3)c2c1. The van der Waals surface area contributed by atoms with Gasteiger partial charge >= 0.3 is 0 Å². The van der Waals surface area contributed by atoms with Gasteiger partial charge in [0.15, 0.2) is 0 Å². The third-order valence-electron chi connectivity index (χ3n) is 6.63. The number of halogens is 1. The van der Waals surface area contributed by atoms with Crippen LogP contribution < -0.4 is 14.8 Å². The van der Waals surface area contributed by atoms with Crippen LogP contribution in [0.25, 0.3) is 10.9 Å². The zero-order chi connectivity index (χ0) is 23.9. The zero-order valence-corrected chi connectivity index (χ0v) is 19.8. The first-order valence-corrected chi connectivity index (χ1v) is 11.7. The first-order chi connectivity index (χ1) is 16.6. The van der Waals surface area contributed by atoms with Crippen LogP contribution in [-0.4, -0.2) is 49.5 Å². The van der Waals surface area contributed by atoms with Crippen molar-refractivity contribution in [2.24, 2.45) is 0 Å². The normalized spacial score (nSPS) is 14.8. The van der Waals surface area contributed by atoms with Crippen molar-refractivity contribution in [1.82, 2.24) is 15.2 Å². The Morgan fingerprint density at radius 3 is 2.76 bits per heavy atom. The molecule has 0 saturated carbocycles. The van der Waals surface area contributed by atoms with Crippen LogP contribution in [0.2, 0.25) is 0 Å². The molecule has 1 saturated heterocycles. The number of fused-ring (bicyclic) bond motifs is 1. The molecule has 1 aromatic heterocycles. The smallest absolute Gasteiger partial charge is 0.228 e. The summed E-state index contributed by atoms with van der Waals surface area (Å²) >= 11 is 0. The van der Waals surface area contributed by atoms with Crippen molar-refractivity contribution in [1.29, 1.82) is 5.26 Å². The average Bonchev–Trinajstić information content (AvgIpc) is 2.88. The number of aromatic nitrogens is 1. The number of pyridine rings is 1. The maximum atomic E-state index is 12.6. The van der Waals surface area contributed by atoms with Crippen molar-refractivity contribution in [3.63, 3.8) is 0 Å². The van der Waals surface area contributed by atoms with Crippen molar-refractivity contribution in [3.8, 4) is 17.6 Å². The van der Waals surface area contributed by atoms with Crippen LogP contribution in [-0.2, 0) is 13.0 Å². The van der Waals surface area contributed by atoms with Gasteiger partial charge < -0.3 is 19.7 Å². The summed E-state index contributed by atoms with van der Waals surface area (Å²) in [6, 6.07) is 14.5. The minimum Gasteiger partial charge on any atom is -0.497 e. The van der Waals surface area contributed by atoms with E-state index >= 15 is 0 Å². The summed E-state index contributed by atoms with van der Waals surface area (Å²) in [5.74, 6) is 1.38. The Morgan fingerprint density at radius 2 is 2.03 bits per heavy atom. The molecular weight excluding hydrogens is 431 g/mol. The summed E-state index contributed by atoms with van der Waals surface area (Å²) in [7, 11) is 1.65. The van der Waals surface area contributed by atoms with Crippen LogP contribution in [0.3, 0.4) is 0 Å². The van der Waals surface area contributed by atoms with Crippen LogP contribution in [0.5, 0.6) is 11.5 Å². The lowest BCUT2D eigenvalue weighted by atomic mass is 9.99. The van der Waals surface area contributed by atoms with Crippen molar-refractivity contribution in [2.45, 2.75) is 38.8 Å². The van der Waals surface area contributed by atoms with E-state index in [-0.39, 0.29) is 0 Å². The number of aryl methyl sites for hydroxylation is 1. The Kier molecular flexibility index (Phi) is 7.94. The van der Waals surface area contributed by atoms with Crippen LogP contribution in [0.15, 0.2) is 42.6 Å². The first-order valence-electron chi connectivity index (χ1n) is 11.7. The van der Waals surface area contributed by atoms with Gasteiger partial charge in [0, 0.05) is 30.7 Å². The molecule has 3 aromatic rings. The summed E-state index contributed by atoms with van der Waals surface area (Å²) in [5, 5.41) is 14.2. The highest BCUT2D eigenvalue weighted by Gasteiger charge is 2.20. The second-order valence-electron chi connectivity index (χ2n) is 8.75. The van der Waals surface area contributed by atoms with E-state index in [2.05, 4.69) is 27.3 Å². The molecule has 2 aromatic carbocycles. The quantitative estimate of drug-likeness (QED) is 0.504. The van der Waals surface area contributed by atoms with E-state index in [9.17, 15) is 9.65 Å². The number of hydrogen-bond acceptors (Lipinski definition) is 6. The van der Waals surface area contributed by atoms with Crippen molar-refractivity contribution < 1.29 is 13.9 Å². The Bertz CT molecular complexity index is 1170. The lowest BCUT2D eigenvalue weighted by molar-refractivity contribution is 0.190. The van der Waals surface area contributed by atoms with Gasteiger partial charge in [0.1, 0.15) is 17.6 Å². The predicted octanol–water partition coefficient (Wildman–Crippen LogP) is 4.53. The Morgan fingerprint density at radius 1 is 1.21 bits per heavy atom. The maximum Gasteiger partial charge on any atom is 0.228 e. The molecule has 1 aliphatic heterocycles. The summed E-state index contributed by atoms with van der Waals surface area (Å²) in [5.41, 5.74) is 4.59. The minimum absolute atomic E-state index is 0.448. The van der Waals surface area contributed by atoms with E-state index < -0.39 is 6.86 Å². The number of likely N-dealkylation sites (tertiary alicyclic amines) is 1. The second-order valence-corrected chi connectivity index (χ2v) is 8.75. The van der Waals surface area contributed by atoms with E-state index in [1.807, 2.05) is 37.3 Å². The number of rotatable bonds is 9. The number of ether oxygens (including phenoxy) is 2. The molecule has 4 rings (SSSR count). The molecule has 0 radical (unpaired) electrons. The third kappa shape index (κ3) is 5.64. The Hall–Kier alpha value is -3.21. The van der Waals surface area contributed by atoms with E-state index in [1.54, 1.807) is 13.3 Å². The minimum atomic E-state index is -0.811. The van der Waals surface area contributed by atoms with Gasteiger partial charge in [-0.3, -0.25) is 4.98 Å². The van der Waals surface area contributed by atoms with E-state index in [1.165, 1.54) is 0 Å². The fraction of sp³-hybridized carbons (Fsp3) is 0.407. The van der Waals surface area contributed by atoms with E-state index in [4.69, 9.17) is 9.47 Å². The van der Waals surface area contributed by atoms with Crippen LogP contribution >= 0.6 is 0 Å². The maximum absolute atomic E-state index is 12.6. The van der Waals surface area contributed by atoms with Crippen LogP contribution in [0, 0.1) is 18.3 Å². The average molecular weight is 463 g/mol. The zero-order valence-electron chi connectivity index (χ0n) is 19.8. The first kappa shape index (κ1) is 23.9. The Balaban J connectivity index is 1.32. The van der Waals surface area contributed by atoms with Gasteiger partial charge in [-0.1, -0.05) is 12.1 Å². The third-order valence-corrected chi connectivity index (χ3v) is 6.63. The molecule has 0 bridgehead atoms. The lowest BCUT2D eigenvalue weighted by Gasteiger charge is -2.32. The molecule has 34 heavy (non-hydrogen) atoms. The molecule has 1 fully saturated rings. The van der Waals surface area contributed by atoms with Crippen molar-refractivity contribution in [2.75, 3.05) is 33.6 Å². The molecule has 0 spiro atoms. The van der Waals surface area contributed by atoms with Crippen LogP contribution in [0.1, 0.15) is 35.1 Å². The molecule has 2 heterocycles. The van der Waals surface area contributed by atoms with Gasteiger partial charge in [-0.25, -0.2) is 4.39 Å². The fourth-order valence-electron chi connectivity index (χ4n) is 4.58. The van der Waals surface area contributed by atoms with Crippen LogP contribution in [0.4, 0.5) is 4.39 Å². The molecule has 0 amide bonds. The molecule has 7 heteroatoms. The fourth-order valence-corrected chi connectivity index (χ4v) is 4.58. The number of nitrogens with zero attached hydrogens (tertiary/aromatic N) is 3. The highest BCUT2D eigenvalue weighted by Crippen LogP contribution is 2.26. The summed E-state index contributed by atoms with van der Waals surface area (Å²) in [6.07, 6.45) is 4.61. The number of methoxy groups -OCH3 is 1. The number of hydrogen-bond donors (Lipinski definition) is 1. The molecule has 0 unspecified atom stereocenters. The largest absolute Gasteiger partial charge is 0.497 e. The molecule has 0 atom stereocenters. The molecule has 0 aliphatic carbocycles. The van der Waals surface area contributed by atoms with Gasteiger partial charge in [0.05, 0.1) is 18.2 Å².